The first kappa shape index (κ1) is 15.5. The number of methoxy groups -OCH3 is 1. The first-order valence-corrected chi connectivity index (χ1v) is 8.35. The summed E-state index contributed by atoms with van der Waals surface area (Å²) in [6, 6.07) is 18.7. The van der Waals surface area contributed by atoms with Crippen molar-refractivity contribution in [1.82, 2.24) is 0 Å². The standard InChI is InChI=1S/C21H20N2O2/c1-15(16-7-4-3-5-8-16)23-14-22-13-17-11-18(20-9-6-10-25-20)21(24-2)12-19(17)23/h3-13,15H,14H2,1-2H3/t15-/m1/s1. The third kappa shape index (κ3) is 2.80. The maximum atomic E-state index is 5.64. The van der Waals surface area contributed by atoms with Gasteiger partial charge in [-0.2, -0.15) is 0 Å². The molecule has 0 N–H and O–H groups in total. The molecule has 0 saturated carbocycles. The molecule has 0 aliphatic carbocycles. The summed E-state index contributed by atoms with van der Waals surface area (Å²) in [5, 5.41) is 0. The zero-order valence-corrected chi connectivity index (χ0v) is 14.3. The van der Waals surface area contributed by atoms with E-state index in [2.05, 4.69) is 53.2 Å². The maximum absolute atomic E-state index is 5.64. The van der Waals surface area contributed by atoms with E-state index in [-0.39, 0.29) is 6.04 Å². The van der Waals surface area contributed by atoms with Crippen LogP contribution in [0.2, 0.25) is 0 Å². The summed E-state index contributed by atoms with van der Waals surface area (Å²) in [6.45, 7) is 2.83. The first-order valence-electron chi connectivity index (χ1n) is 8.35. The van der Waals surface area contributed by atoms with E-state index >= 15 is 0 Å². The van der Waals surface area contributed by atoms with Crippen molar-refractivity contribution in [3.8, 4) is 17.1 Å². The Kier molecular flexibility index (Phi) is 4.02. The molecule has 1 aliphatic heterocycles. The quantitative estimate of drug-likeness (QED) is 0.681. The SMILES string of the molecule is COc1cc2c(cc1-c1ccco1)C=NCN2[C@H](C)c1ccccc1. The van der Waals surface area contributed by atoms with Crippen LogP contribution in [0.5, 0.6) is 5.75 Å². The Labute approximate surface area is 147 Å². The van der Waals surface area contributed by atoms with Crippen LogP contribution in [0.15, 0.2) is 70.3 Å². The van der Waals surface area contributed by atoms with Crippen LogP contribution >= 0.6 is 0 Å². The van der Waals surface area contributed by atoms with Gasteiger partial charge in [-0.15, -0.1) is 0 Å². The molecule has 4 rings (SSSR count). The number of rotatable bonds is 4. The molecule has 0 bridgehead atoms. The van der Waals surface area contributed by atoms with Crippen LogP contribution in [0.1, 0.15) is 24.1 Å². The van der Waals surface area contributed by atoms with Gasteiger partial charge in [0.25, 0.3) is 0 Å². The summed E-state index contributed by atoms with van der Waals surface area (Å²) in [4.78, 5) is 6.84. The molecule has 0 radical (unpaired) electrons. The van der Waals surface area contributed by atoms with Crippen molar-refractivity contribution in [3.05, 3.63) is 72.0 Å². The fourth-order valence-electron chi connectivity index (χ4n) is 3.28. The van der Waals surface area contributed by atoms with Crippen LogP contribution in [0.25, 0.3) is 11.3 Å². The molecule has 0 unspecified atom stereocenters. The Hall–Kier alpha value is -3.01. The predicted octanol–water partition coefficient (Wildman–Crippen LogP) is 4.91. The minimum Gasteiger partial charge on any atom is -0.496 e. The molecule has 25 heavy (non-hydrogen) atoms. The molecule has 4 heteroatoms. The zero-order chi connectivity index (χ0) is 17.2. The summed E-state index contributed by atoms with van der Waals surface area (Å²) >= 11 is 0. The number of nitrogens with zero attached hydrogens (tertiary/aromatic N) is 2. The third-order valence-electron chi connectivity index (χ3n) is 4.66. The first-order chi connectivity index (χ1) is 12.3. The summed E-state index contributed by atoms with van der Waals surface area (Å²) in [5.74, 6) is 1.59. The van der Waals surface area contributed by atoms with Gasteiger partial charge in [-0.3, -0.25) is 4.99 Å². The molecule has 3 aromatic rings. The highest BCUT2D eigenvalue weighted by atomic mass is 16.5. The van der Waals surface area contributed by atoms with Crippen molar-refractivity contribution >= 4 is 11.9 Å². The summed E-state index contributed by atoms with van der Waals surface area (Å²) in [6.07, 6.45) is 3.60. The predicted molar refractivity (Wildman–Crippen MR) is 100 cm³/mol. The van der Waals surface area contributed by atoms with Crippen LogP contribution in [-0.4, -0.2) is 20.0 Å². The van der Waals surface area contributed by atoms with Crippen LogP contribution in [0.4, 0.5) is 5.69 Å². The number of hydrogen-bond acceptors (Lipinski definition) is 4. The lowest BCUT2D eigenvalue weighted by Crippen LogP contribution is -2.30. The molecule has 0 spiro atoms. The van der Waals surface area contributed by atoms with Gasteiger partial charge in [0.15, 0.2) is 0 Å². The molecular weight excluding hydrogens is 312 g/mol. The molecule has 1 aliphatic rings. The number of aliphatic imine (C=N–C) groups is 1. The fourth-order valence-corrected chi connectivity index (χ4v) is 3.28. The van der Waals surface area contributed by atoms with E-state index in [0.29, 0.717) is 6.67 Å². The number of benzene rings is 2. The summed E-state index contributed by atoms with van der Waals surface area (Å²) in [7, 11) is 1.69. The van der Waals surface area contributed by atoms with Crippen molar-refractivity contribution in [2.45, 2.75) is 13.0 Å². The van der Waals surface area contributed by atoms with Crippen LogP contribution < -0.4 is 9.64 Å². The lowest BCUT2D eigenvalue weighted by Gasteiger charge is -2.34. The average Bonchev–Trinajstić information content (AvgIpc) is 3.21. The maximum Gasteiger partial charge on any atom is 0.137 e. The Morgan fingerprint density at radius 1 is 1.12 bits per heavy atom. The van der Waals surface area contributed by atoms with Crippen LogP contribution in [0, 0.1) is 0 Å². The van der Waals surface area contributed by atoms with E-state index < -0.39 is 0 Å². The molecule has 2 aromatic carbocycles. The number of anilines is 1. The number of furan rings is 1. The van der Waals surface area contributed by atoms with E-state index in [0.717, 1.165) is 28.3 Å². The molecule has 1 aromatic heterocycles. The van der Waals surface area contributed by atoms with Gasteiger partial charge in [0.2, 0.25) is 0 Å². The minimum absolute atomic E-state index is 0.219. The Morgan fingerprint density at radius 3 is 2.68 bits per heavy atom. The number of hydrogen-bond donors (Lipinski definition) is 0. The van der Waals surface area contributed by atoms with E-state index in [1.165, 1.54) is 5.56 Å². The molecule has 1 atom stereocenters. The van der Waals surface area contributed by atoms with Gasteiger partial charge in [0.1, 0.15) is 18.2 Å². The molecule has 0 saturated heterocycles. The fraction of sp³-hybridized carbons (Fsp3) is 0.190. The Bertz CT molecular complexity index is 886. The lowest BCUT2D eigenvalue weighted by atomic mass is 10.0. The van der Waals surface area contributed by atoms with Gasteiger partial charge in [0.05, 0.1) is 30.7 Å². The van der Waals surface area contributed by atoms with Gasteiger partial charge in [-0.25, -0.2) is 0 Å². The second-order valence-corrected chi connectivity index (χ2v) is 6.10. The third-order valence-corrected chi connectivity index (χ3v) is 4.66. The van der Waals surface area contributed by atoms with Gasteiger partial charge in [0, 0.05) is 17.8 Å². The highest BCUT2D eigenvalue weighted by Gasteiger charge is 2.23. The van der Waals surface area contributed by atoms with Gasteiger partial charge < -0.3 is 14.1 Å². The second kappa shape index (κ2) is 6.48. The summed E-state index contributed by atoms with van der Waals surface area (Å²) in [5.41, 5.74) is 4.39. The normalized spacial score (nSPS) is 14.2. The number of fused-ring (bicyclic) bond motifs is 1. The zero-order valence-electron chi connectivity index (χ0n) is 14.3. The molecule has 126 valence electrons. The molecule has 4 nitrogen and oxygen atoms in total. The Balaban J connectivity index is 1.78. The molecular formula is C21H20N2O2. The van der Waals surface area contributed by atoms with Crippen molar-refractivity contribution in [2.75, 3.05) is 18.7 Å². The Morgan fingerprint density at radius 2 is 1.96 bits per heavy atom. The topological polar surface area (TPSA) is 38.0 Å². The van der Waals surface area contributed by atoms with E-state index in [4.69, 9.17) is 9.15 Å². The van der Waals surface area contributed by atoms with Gasteiger partial charge in [-0.05, 0) is 30.7 Å². The average molecular weight is 332 g/mol. The van der Waals surface area contributed by atoms with Gasteiger partial charge >= 0.3 is 0 Å². The largest absolute Gasteiger partial charge is 0.496 e. The van der Waals surface area contributed by atoms with Crippen molar-refractivity contribution in [3.63, 3.8) is 0 Å². The van der Waals surface area contributed by atoms with Gasteiger partial charge in [-0.1, -0.05) is 30.3 Å². The second-order valence-electron chi connectivity index (χ2n) is 6.10. The van der Waals surface area contributed by atoms with Crippen LogP contribution in [0.3, 0.4) is 0 Å². The molecule has 0 fully saturated rings. The van der Waals surface area contributed by atoms with E-state index in [1.54, 1.807) is 13.4 Å². The van der Waals surface area contributed by atoms with Crippen LogP contribution in [-0.2, 0) is 0 Å². The summed E-state index contributed by atoms with van der Waals surface area (Å²) < 4.78 is 11.2. The van der Waals surface area contributed by atoms with E-state index in [9.17, 15) is 0 Å². The van der Waals surface area contributed by atoms with Crippen molar-refractivity contribution in [1.29, 1.82) is 0 Å². The van der Waals surface area contributed by atoms with Crippen molar-refractivity contribution < 1.29 is 9.15 Å². The molecule has 2 heterocycles. The smallest absolute Gasteiger partial charge is 0.137 e. The van der Waals surface area contributed by atoms with Crippen molar-refractivity contribution in [2.24, 2.45) is 4.99 Å². The highest BCUT2D eigenvalue weighted by Crippen LogP contribution is 2.39. The minimum atomic E-state index is 0.219. The monoisotopic (exact) mass is 332 g/mol. The lowest BCUT2D eigenvalue weighted by molar-refractivity contribution is 0.414. The number of ether oxygens (including phenoxy) is 1. The highest BCUT2D eigenvalue weighted by molar-refractivity contribution is 5.93. The van der Waals surface area contributed by atoms with E-state index in [1.807, 2.05) is 24.4 Å². The molecule has 0 amide bonds.